The summed E-state index contributed by atoms with van der Waals surface area (Å²) in [5.74, 6) is -3.03. The lowest BCUT2D eigenvalue weighted by Crippen LogP contribution is -2.40. The molecule has 1 amide bonds. The van der Waals surface area contributed by atoms with Crippen LogP contribution in [0.2, 0.25) is 0 Å². The van der Waals surface area contributed by atoms with Crippen molar-refractivity contribution in [2.45, 2.75) is 19.4 Å². The number of carboxylic acid groups (broad SMARTS) is 1. The van der Waals surface area contributed by atoms with Crippen LogP contribution in [0.25, 0.3) is 0 Å². The average Bonchev–Trinajstić information content (AvgIpc) is 2.34. The van der Waals surface area contributed by atoms with Crippen LogP contribution in [0.15, 0.2) is 18.2 Å². The van der Waals surface area contributed by atoms with Crippen molar-refractivity contribution in [1.82, 2.24) is 5.32 Å². The molecule has 1 atom stereocenters. The summed E-state index contributed by atoms with van der Waals surface area (Å²) in [5, 5.41) is 21.6. The van der Waals surface area contributed by atoms with Gasteiger partial charge in [-0.3, -0.25) is 14.9 Å². The second kappa shape index (κ2) is 5.89. The van der Waals surface area contributed by atoms with Crippen molar-refractivity contribution in [1.29, 1.82) is 0 Å². The second-order valence-electron chi connectivity index (χ2n) is 3.69. The Bertz CT molecular complexity index is 532. The molecule has 0 unspecified atom stereocenters. The van der Waals surface area contributed by atoms with Crippen molar-refractivity contribution in [2.75, 3.05) is 0 Å². The number of hydrogen-bond donors (Lipinski definition) is 2. The van der Waals surface area contributed by atoms with Gasteiger partial charge in [-0.25, -0.2) is 9.18 Å². The minimum Gasteiger partial charge on any atom is -0.480 e. The molecular weight excluding hydrogens is 259 g/mol. The molecule has 0 spiro atoms. The molecule has 0 aliphatic rings. The highest BCUT2D eigenvalue weighted by Gasteiger charge is 2.24. The normalized spacial score (nSPS) is 11.7. The number of nitro groups is 1. The van der Waals surface area contributed by atoms with Crippen LogP contribution in [0.4, 0.5) is 10.1 Å². The van der Waals surface area contributed by atoms with Crippen molar-refractivity contribution < 1.29 is 24.0 Å². The molecule has 7 nitrogen and oxygen atoms in total. The molecule has 0 radical (unpaired) electrons. The Kier molecular flexibility index (Phi) is 4.51. The maximum Gasteiger partial charge on any atom is 0.326 e. The van der Waals surface area contributed by atoms with E-state index in [4.69, 9.17) is 5.11 Å². The summed E-state index contributed by atoms with van der Waals surface area (Å²) in [7, 11) is 0. The maximum atomic E-state index is 12.9. The molecule has 0 heterocycles. The Morgan fingerprint density at radius 3 is 2.63 bits per heavy atom. The summed E-state index contributed by atoms with van der Waals surface area (Å²) in [6, 6.07) is 1.29. The third-order valence-electron chi connectivity index (χ3n) is 2.41. The number of aliphatic carboxylic acids is 1. The zero-order valence-electron chi connectivity index (χ0n) is 9.92. The molecule has 2 N–H and O–H groups in total. The largest absolute Gasteiger partial charge is 0.480 e. The van der Waals surface area contributed by atoms with Gasteiger partial charge in [0.05, 0.1) is 11.0 Å². The number of benzene rings is 1. The topological polar surface area (TPSA) is 110 Å². The monoisotopic (exact) mass is 270 g/mol. The molecule has 0 saturated heterocycles. The first kappa shape index (κ1) is 14.6. The standard InChI is InChI=1S/C11H11FN2O5/c1-2-8(11(16)17)13-10(15)7-4-3-6(12)5-9(7)14(18)19/h3-5,8H,2H2,1H3,(H,13,15)(H,16,17)/t8-/m1/s1. The summed E-state index contributed by atoms with van der Waals surface area (Å²) < 4.78 is 12.9. The first-order chi connectivity index (χ1) is 8.86. The third kappa shape index (κ3) is 3.47. The molecule has 0 bridgehead atoms. The Hall–Kier alpha value is -2.51. The summed E-state index contributed by atoms with van der Waals surface area (Å²) in [4.78, 5) is 32.3. The lowest BCUT2D eigenvalue weighted by atomic mass is 10.1. The molecule has 0 aromatic heterocycles. The molecule has 0 fully saturated rings. The Morgan fingerprint density at radius 1 is 1.53 bits per heavy atom. The summed E-state index contributed by atoms with van der Waals surface area (Å²) in [5.41, 5.74) is -1.09. The quantitative estimate of drug-likeness (QED) is 0.619. The Morgan fingerprint density at radius 2 is 2.16 bits per heavy atom. The van der Waals surface area contributed by atoms with Crippen LogP contribution in [0.3, 0.4) is 0 Å². The first-order valence-electron chi connectivity index (χ1n) is 5.34. The van der Waals surface area contributed by atoms with E-state index >= 15 is 0 Å². The van der Waals surface area contributed by atoms with Crippen LogP contribution in [0.1, 0.15) is 23.7 Å². The molecule has 102 valence electrons. The fourth-order valence-electron chi connectivity index (χ4n) is 1.42. The minimum atomic E-state index is -1.25. The smallest absolute Gasteiger partial charge is 0.326 e. The van der Waals surface area contributed by atoms with Crippen LogP contribution in [0.5, 0.6) is 0 Å². The Labute approximate surface area is 107 Å². The van der Waals surface area contributed by atoms with Crippen LogP contribution in [0, 0.1) is 15.9 Å². The summed E-state index contributed by atoms with van der Waals surface area (Å²) in [6.07, 6.45) is 0.121. The molecule has 0 saturated carbocycles. The molecule has 1 aromatic carbocycles. The van der Waals surface area contributed by atoms with E-state index in [-0.39, 0.29) is 12.0 Å². The van der Waals surface area contributed by atoms with Gasteiger partial charge in [-0.15, -0.1) is 0 Å². The predicted molar refractivity (Wildman–Crippen MR) is 62.2 cm³/mol. The van der Waals surface area contributed by atoms with E-state index in [2.05, 4.69) is 5.32 Å². The van der Waals surface area contributed by atoms with Gasteiger partial charge in [-0.1, -0.05) is 6.92 Å². The van der Waals surface area contributed by atoms with Gasteiger partial charge in [-0.05, 0) is 18.6 Å². The van der Waals surface area contributed by atoms with E-state index in [0.717, 1.165) is 12.1 Å². The van der Waals surface area contributed by atoms with E-state index in [1.165, 1.54) is 6.92 Å². The van der Waals surface area contributed by atoms with Crippen LogP contribution >= 0.6 is 0 Å². The number of nitrogens with zero attached hydrogens (tertiary/aromatic N) is 1. The lowest BCUT2D eigenvalue weighted by molar-refractivity contribution is -0.385. The van der Waals surface area contributed by atoms with Crippen molar-refractivity contribution in [3.8, 4) is 0 Å². The van der Waals surface area contributed by atoms with E-state index in [0.29, 0.717) is 6.07 Å². The lowest BCUT2D eigenvalue weighted by Gasteiger charge is -2.12. The van der Waals surface area contributed by atoms with Crippen molar-refractivity contribution >= 4 is 17.6 Å². The molecule has 1 rings (SSSR count). The zero-order valence-corrected chi connectivity index (χ0v) is 9.92. The first-order valence-corrected chi connectivity index (χ1v) is 5.34. The fourth-order valence-corrected chi connectivity index (χ4v) is 1.42. The Balaban J connectivity index is 3.06. The SMILES string of the molecule is CC[C@@H](NC(=O)c1ccc(F)cc1[N+](=O)[O-])C(=O)O. The number of carboxylic acids is 1. The molecule has 19 heavy (non-hydrogen) atoms. The second-order valence-corrected chi connectivity index (χ2v) is 3.69. The molecular formula is C11H11FN2O5. The van der Waals surface area contributed by atoms with Gasteiger partial charge in [0.15, 0.2) is 0 Å². The van der Waals surface area contributed by atoms with Crippen molar-refractivity contribution in [3.05, 3.63) is 39.7 Å². The van der Waals surface area contributed by atoms with Gasteiger partial charge in [0.25, 0.3) is 11.6 Å². The highest BCUT2D eigenvalue weighted by molar-refractivity contribution is 5.99. The number of carbonyl (C=O) groups excluding carboxylic acids is 1. The van der Waals surface area contributed by atoms with E-state index < -0.39 is 34.3 Å². The van der Waals surface area contributed by atoms with E-state index in [9.17, 15) is 24.1 Å². The highest BCUT2D eigenvalue weighted by Crippen LogP contribution is 2.19. The molecule has 8 heteroatoms. The van der Waals surface area contributed by atoms with Crippen LogP contribution in [-0.4, -0.2) is 27.9 Å². The van der Waals surface area contributed by atoms with E-state index in [1.54, 1.807) is 0 Å². The fraction of sp³-hybridized carbons (Fsp3) is 0.273. The van der Waals surface area contributed by atoms with Crippen LogP contribution in [-0.2, 0) is 4.79 Å². The molecule has 0 aliphatic carbocycles. The number of halogens is 1. The van der Waals surface area contributed by atoms with E-state index in [1.807, 2.05) is 0 Å². The highest BCUT2D eigenvalue weighted by atomic mass is 19.1. The van der Waals surface area contributed by atoms with Gasteiger partial charge in [0, 0.05) is 0 Å². The van der Waals surface area contributed by atoms with Crippen molar-refractivity contribution in [2.24, 2.45) is 0 Å². The van der Waals surface area contributed by atoms with Crippen molar-refractivity contribution in [3.63, 3.8) is 0 Å². The number of nitro benzene ring substituents is 1. The molecule has 1 aromatic rings. The number of amides is 1. The van der Waals surface area contributed by atoms with Gasteiger partial charge in [0.1, 0.15) is 17.4 Å². The maximum absolute atomic E-state index is 12.9. The minimum absolute atomic E-state index is 0.121. The number of rotatable bonds is 5. The van der Waals surface area contributed by atoms with Gasteiger partial charge >= 0.3 is 5.97 Å². The van der Waals surface area contributed by atoms with Crippen LogP contribution < -0.4 is 5.32 Å². The predicted octanol–water partition coefficient (Wildman–Crippen LogP) is 1.33. The summed E-state index contributed by atoms with van der Waals surface area (Å²) >= 11 is 0. The van der Waals surface area contributed by atoms with Gasteiger partial charge < -0.3 is 10.4 Å². The number of hydrogen-bond acceptors (Lipinski definition) is 4. The third-order valence-corrected chi connectivity index (χ3v) is 2.41. The average molecular weight is 270 g/mol. The number of carbonyl (C=O) groups is 2. The van der Waals surface area contributed by atoms with Gasteiger partial charge in [0.2, 0.25) is 0 Å². The number of nitrogens with one attached hydrogen (secondary N) is 1. The zero-order chi connectivity index (χ0) is 14.6. The molecule has 0 aliphatic heterocycles. The van der Waals surface area contributed by atoms with Gasteiger partial charge in [-0.2, -0.15) is 0 Å². The summed E-state index contributed by atoms with van der Waals surface area (Å²) in [6.45, 7) is 1.54.